The molecule has 2 aromatic carbocycles. The van der Waals surface area contributed by atoms with Gasteiger partial charge in [0.05, 0.1) is 6.21 Å². The normalized spacial score (nSPS) is 11.1. The number of hydrogen-bond acceptors (Lipinski definition) is 3. The van der Waals surface area contributed by atoms with Crippen LogP contribution in [0.2, 0.25) is 5.02 Å². The van der Waals surface area contributed by atoms with E-state index in [0.29, 0.717) is 10.8 Å². The van der Waals surface area contributed by atoms with E-state index in [1.807, 2.05) is 63.2 Å². The number of hydrogen-bond donors (Lipinski definition) is 1. The maximum absolute atomic E-state index is 12.1. The highest BCUT2D eigenvalue weighted by molar-refractivity contribution is 6.30. The highest BCUT2D eigenvalue weighted by atomic mass is 35.5. The van der Waals surface area contributed by atoms with Gasteiger partial charge in [-0.2, -0.15) is 5.10 Å². The molecule has 6 heteroatoms. The lowest BCUT2D eigenvalue weighted by Gasteiger charge is -2.09. The van der Waals surface area contributed by atoms with Crippen molar-refractivity contribution in [3.8, 4) is 11.4 Å². The molecule has 3 rings (SSSR count). The molecule has 30 heavy (non-hydrogen) atoms. The van der Waals surface area contributed by atoms with Gasteiger partial charge in [0.25, 0.3) is 5.91 Å². The Morgan fingerprint density at radius 1 is 1.13 bits per heavy atom. The van der Waals surface area contributed by atoms with Crippen molar-refractivity contribution in [3.63, 3.8) is 0 Å². The van der Waals surface area contributed by atoms with Crippen molar-refractivity contribution in [2.45, 2.75) is 34.1 Å². The third-order valence-electron chi connectivity index (χ3n) is 4.84. The largest absolute Gasteiger partial charge is 0.484 e. The zero-order valence-electron chi connectivity index (χ0n) is 17.7. The van der Waals surface area contributed by atoms with Crippen LogP contribution in [0.1, 0.15) is 35.0 Å². The first-order valence-corrected chi connectivity index (χ1v) is 10.3. The molecule has 0 aliphatic heterocycles. The molecule has 3 aromatic rings. The van der Waals surface area contributed by atoms with Gasteiger partial charge in [0, 0.05) is 27.7 Å². The Morgan fingerprint density at radius 3 is 2.57 bits per heavy atom. The van der Waals surface area contributed by atoms with Gasteiger partial charge in [-0.05, 0) is 80.8 Å². The minimum atomic E-state index is -0.308. The molecule has 0 fully saturated rings. The number of rotatable bonds is 7. The number of nitrogens with zero attached hydrogens (tertiary/aromatic N) is 2. The summed E-state index contributed by atoms with van der Waals surface area (Å²) >= 11 is 5.99. The van der Waals surface area contributed by atoms with E-state index in [9.17, 15) is 4.79 Å². The molecule has 0 radical (unpaired) electrons. The lowest BCUT2D eigenvalue weighted by Crippen LogP contribution is -2.24. The molecule has 0 atom stereocenters. The molecular weight excluding hydrogens is 398 g/mol. The van der Waals surface area contributed by atoms with Crippen molar-refractivity contribution in [2.75, 3.05) is 6.61 Å². The minimum absolute atomic E-state index is 0.0895. The van der Waals surface area contributed by atoms with Crippen LogP contribution in [0.15, 0.2) is 53.6 Å². The fraction of sp³-hybridized carbons (Fsp3) is 0.250. The molecule has 1 N–H and O–H groups in total. The van der Waals surface area contributed by atoms with E-state index in [0.717, 1.165) is 34.6 Å². The summed E-state index contributed by atoms with van der Waals surface area (Å²) in [5.74, 6) is 0.384. The summed E-state index contributed by atoms with van der Waals surface area (Å²) in [6, 6.07) is 15.7. The van der Waals surface area contributed by atoms with Gasteiger partial charge in [-0.3, -0.25) is 4.79 Å². The highest BCUT2D eigenvalue weighted by Crippen LogP contribution is 2.21. The lowest BCUT2D eigenvalue weighted by atomic mass is 10.1. The molecule has 5 nitrogen and oxygen atoms in total. The van der Waals surface area contributed by atoms with Crippen molar-refractivity contribution >= 4 is 23.7 Å². The number of carbonyl (C=O) groups excluding carboxylic acids is 1. The minimum Gasteiger partial charge on any atom is -0.484 e. The van der Waals surface area contributed by atoms with Crippen LogP contribution in [0, 0.1) is 20.8 Å². The Balaban J connectivity index is 1.61. The Kier molecular flexibility index (Phi) is 6.95. The molecule has 0 saturated carbocycles. The average molecular weight is 424 g/mol. The summed E-state index contributed by atoms with van der Waals surface area (Å²) in [7, 11) is 0. The predicted molar refractivity (Wildman–Crippen MR) is 122 cm³/mol. The zero-order chi connectivity index (χ0) is 21.7. The van der Waals surface area contributed by atoms with E-state index < -0.39 is 0 Å². The molecule has 0 bridgehead atoms. The molecular formula is C24H26ClN3O2. The maximum Gasteiger partial charge on any atom is 0.277 e. The highest BCUT2D eigenvalue weighted by Gasteiger charge is 2.10. The number of nitrogens with one attached hydrogen (secondary N) is 1. The molecule has 1 heterocycles. The summed E-state index contributed by atoms with van der Waals surface area (Å²) in [6.07, 6.45) is 2.57. The van der Waals surface area contributed by atoms with Crippen LogP contribution < -0.4 is 10.2 Å². The lowest BCUT2D eigenvalue weighted by molar-refractivity contribution is -0.123. The number of hydrazone groups is 1. The monoisotopic (exact) mass is 423 g/mol. The van der Waals surface area contributed by atoms with Gasteiger partial charge in [-0.25, -0.2) is 5.43 Å². The van der Waals surface area contributed by atoms with Crippen molar-refractivity contribution in [1.82, 2.24) is 9.99 Å². The molecule has 0 spiro atoms. The van der Waals surface area contributed by atoms with Gasteiger partial charge >= 0.3 is 0 Å². The molecule has 0 saturated heterocycles. The van der Waals surface area contributed by atoms with Crippen LogP contribution >= 0.6 is 11.6 Å². The predicted octanol–water partition coefficient (Wildman–Crippen LogP) is 5.15. The van der Waals surface area contributed by atoms with E-state index in [4.69, 9.17) is 16.3 Å². The van der Waals surface area contributed by atoms with Gasteiger partial charge in [-0.15, -0.1) is 0 Å². The number of halogens is 1. The topological polar surface area (TPSA) is 55.6 Å². The van der Waals surface area contributed by atoms with Gasteiger partial charge in [-0.1, -0.05) is 24.6 Å². The van der Waals surface area contributed by atoms with Gasteiger partial charge in [0.1, 0.15) is 5.75 Å². The summed E-state index contributed by atoms with van der Waals surface area (Å²) < 4.78 is 7.72. The Morgan fingerprint density at radius 2 is 1.87 bits per heavy atom. The SMILES string of the molecule is CCc1cc(C)cc(OCC(=O)N/N=C/c2cc(C)n(-c3ccc(Cl)cc3)c2C)c1. The Hall–Kier alpha value is -3.05. The van der Waals surface area contributed by atoms with Crippen LogP contribution in [0.25, 0.3) is 5.69 Å². The number of amides is 1. The van der Waals surface area contributed by atoms with Crippen molar-refractivity contribution in [1.29, 1.82) is 0 Å². The van der Waals surface area contributed by atoms with Crippen molar-refractivity contribution in [2.24, 2.45) is 5.10 Å². The Labute approximate surface area is 182 Å². The number of aromatic nitrogens is 1. The van der Waals surface area contributed by atoms with Crippen LogP contribution in [0.3, 0.4) is 0 Å². The fourth-order valence-corrected chi connectivity index (χ4v) is 3.50. The second-order valence-electron chi connectivity index (χ2n) is 7.23. The standard InChI is InChI=1S/C24H26ClN3O2/c1-5-19-10-16(2)11-23(13-19)30-15-24(29)27-26-14-20-12-17(3)28(18(20)4)22-8-6-21(25)7-9-22/h6-14H,5,15H2,1-4H3,(H,27,29)/b26-14+. The van der Waals surface area contributed by atoms with E-state index in [1.165, 1.54) is 5.56 Å². The van der Waals surface area contributed by atoms with E-state index in [1.54, 1.807) is 6.21 Å². The van der Waals surface area contributed by atoms with Crippen LogP contribution in [-0.4, -0.2) is 23.3 Å². The van der Waals surface area contributed by atoms with Crippen LogP contribution in [-0.2, 0) is 11.2 Å². The smallest absolute Gasteiger partial charge is 0.277 e. The van der Waals surface area contributed by atoms with Crippen molar-refractivity contribution < 1.29 is 9.53 Å². The zero-order valence-corrected chi connectivity index (χ0v) is 18.5. The van der Waals surface area contributed by atoms with Crippen molar-refractivity contribution in [3.05, 3.63) is 81.6 Å². The average Bonchev–Trinajstić information content (AvgIpc) is 3.00. The number of carbonyl (C=O) groups is 1. The third-order valence-corrected chi connectivity index (χ3v) is 5.09. The first kappa shape index (κ1) is 21.7. The van der Waals surface area contributed by atoms with Crippen LogP contribution in [0.5, 0.6) is 5.75 Å². The second kappa shape index (κ2) is 9.63. The first-order valence-electron chi connectivity index (χ1n) is 9.87. The molecule has 0 aliphatic carbocycles. The Bertz CT molecular complexity index is 1070. The molecule has 1 amide bonds. The third kappa shape index (κ3) is 5.30. The summed E-state index contributed by atoms with van der Waals surface area (Å²) in [5, 5.41) is 4.79. The van der Waals surface area contributed by atoms with Crippen LogP contribution in [0.4, 0.5) is 0 Å². The molecule has 156 valence electrons. The van der Waals surface area contributed by atoms with E-state index in [2.05, 4.69) is 28.1 Å². The number of benzene rings is 2. The molecule has 0 aliphatic rings. The summed E-state index contributed by atoms with van der Waals surface area (Å²) in [5.41, 5.74) is 8.86. The second-order valence-corrected chi connectivity index (χ2v) is 7.66. The van der Waals surface area contributed by atoms with E-state index in [-0.39, 0.29) is 12.5 Å². The summed E-state index contributed by atoms with van der Waals surface area (Å²) in [4.78, 5) is 12.1. The molecule has 0 unspecified atom stereocenters. The fourth-order valence-electron chi connectivity index (χ4n) is 3.37. The van der Waals surface area contributed by atoms with E-state index >= 15 is 0 Å². The summed E-state index contributed by atoms with van der Waals surface area (Å²) in [6.45, 7) is 8.04. The van der Waals surface area contributed by atoms with Gasteiger partial charge in [0.2, 0.25) is 0 Å². The van der Waals surface area contributed by atoms with Gasteiger partial charge < -0.3 is 9.30 Å². The maximum atomic E-state index is 12.1. The molecule has 1 aromatic heterocycles. The quantitative estimate of drug-likeness (QED) is 0.422. The van der Waals surface area contributed by atoms with Gasteiger partial charge in [0.15, 0.2) is 6.61 Å². The first-order chi connectivity index (χ1) is 14.4. The number of ether oxygens (including phenoxy) is 1. The number of aryl methyl sites for hydroxylation is 3.